The van der Waals surface area contributed by atoms with Crippen molar-refractivity contribution in [3.05, 3.63) is 203 Å². The van der Waals surface area contributed by atoms with E-state index in [9.17, 15) is 0 Å². The Hall–Kier alpha value is -5.02. The zero-order valence-electron chi connectivity index (χ0n) is 28.4. The van der Waals surface area contributed by atoms with Crippen LogP contribution in [0, 0.1) is 0 Å². The summed E-state index contributed by atoms with van der Waals surface area (Å²) in [5.41, 5.74) is 7.36. The van der Waals surface area contributed by atoms with Crippen molar-refractivity contribution < 1.29 is 0 Å². The maximum absolute atomic E-state index is 3.86. The van der Waals surface area contributed by atoms with Crippen molar-refractivity contribution in [3.8, 4) is 0 Å². The van der Waals surface area contributed by atoms with E-state index in [2.05, 4.69) is 187 Å². The fourth-order valence-corrected chi connectivity index (χ4v) is 25.8. The van der Waals surface area contributed by atoms with Crippen molar-refractivity contribution in [2.75, 3.05) is 0 Å². The third kappa shape index (κ3) is 4.57. The van der Waals surface area contributed by atoms with Crippen LogP contribution in [0.4, 0.5) is 0 Å². The van der Waals surface area contributed by atoms with Crippen LogP contribution in [-0.4, -0.2) is 0 Å². The number of fused-ring (bicyclic) bond motifs is 6. The van der Waals surface area contributed by atoms with Gasteiger partial charge >= 0.3 is 0 Å². The fourth-order valence-electron chi connectivity index (χ4n) is 8.09. The minimum Gasteiger partial charge on any atom is -0.134 e. The van der Waals surface area contributed by atoms with Crippen LogP contribution in [0.3, 0.4) is 0 Å². The van der Waals surface area contributed by atoms with Crippen LogP contribution in [0.1, 0.15) is 12.8 Å². The minimum absolute atomic E-state index is 0.989. The van der Waals surface area contributed by atoms with E-state index >= 15 is 0 Å². The third-order valence-corrected chi connectivity index (χ3v) is 25.0. The molecule has 0 spiro atoms. The van der Waals surface area contributed by atoms with Gasteiger partial charge in [0, 0.05) is 59.9 Å². The molecule has 2 aromatic heterocycles. The lowest BCUT2D eigenvalue weighted by Gasteiger charge is -2.61. The van der Waals surface area contributed by atoms with Gasteiger partial charge in [-0.2, -0.15) is 0 Å². The Balaban J connectivity index is 1.53. The van der Waals surface area contributed by atoms with Crippen LogP contribution in [-0.2, 0) is 0 Å². The van der Waals surface area contributed by atoms with E-state index in [4.69, 9.17) is 0 Å². The lowest BCUT2D eigenvalue weighted by Crippen LogP contribution is -2.19. The van der Waals surface area contributed by atoms with Crippen molar-refractivity contribution >= 4 is 81.1 Å². The van der Waals surface area contributed by atoms with E-state index < -0.39 is 18.1 Å². The molecule has 2 heterocycles. The molecule has 0 N–H and O–H groups in total. The zero-order chi connectivity index (χ0) is 34.5. The highest BCUT2D eigenvalue weighted by molar-refractivity contribution is 9.11. The standard InChI is InChI=1S/C48H34S4/c1-5-19-35(20-6-1)51(36-21-7-2-8-22-36,45-33-17-29-41-39-27-13-15-31-43(39)49-47(41)45)52(37-23-9-3-10-24-37,38-25-11-4-12-26-38)46-34-18-30-42-40-28-14-16-32-44(40)50-48(42)46/h1-7,9-11,13-21,23-25,27-34H,8,22H2. The molecule has 0 fully saturated rings. The summed E-state index contributed by atoms with van der Waals surface area (Å²) < 4.78 is 5.40. The van der Waals surface area contributed by atoms with Crippen LogP contribution >= 0.6 is 40.8 Å². The van der Waals surface area contributed by atoms with Crippen molar-refractivity contribution in [1.82, 2.24) is 0 Å². The van der Waals surface area contributed by atoms with Crippen molar-refractivity contribution in [3.63, 3.8) is 0 Å². The first-order chi connectivity index (χ1) is 25.8. The number of rotatable bonds is 7. The summed E-state index contributed by atoms with van der Waals surface area (Å²) >= 11 is 3.90. The Labute approximate surface area is 314 Å². The lowest BCUT2D eigenvalue weighted by atomic mass is 10.1. The summed E-state index contributed by atoms with van der Waals surface area (Å²) in [6.45, 7) is 0. The number of hydrogen-bond donors (Lipinski definition) is 0. The Morgan fingerprint density at radius 1 is 0.500 bits per heavy atom. The van der Waals surface area contributed by atoms with Gasteiger partial charge in [-0.05, 0) is 78.4 Å². The summed E-state index contributed by atoms with van der Waals surface area (Å²) in [4.78, 5) is 8.31. The highest BCUT2D eigenvalue weighted by atomic mass is 33.2. The SMILES string of the molecule is C1=C=C(S(c2ccccc2)(c2cccc3c2sc2ccccc23)S(C2=CC=CCC2)(c2ccccc2)c2cccc3c2sc2ccccc23)C=CC=1. The molecule has 0 radical (unpaired) electrons. The van der Waals surface area contributed by atoms with E-state index in [-0.39, 0.29) is 0 Å². The number of thiophene rings is 2. The molecule has 0 bridgehead atoms. The molecule has 2 aliphatic carbocycles. The summed E-state index contributed by atoms with van der Waals surface area (Å²) in [7, 11) is -4.39. The van der Waals surface area contributed by atoms with Gasteiger partial charge in [0.2, 0.25) is 0 Å². The van der Waals surface area contributed by atoms with Crippen LogP contribution in [0.25, 0.3) is 40.3 Å². The molecule has 0 amide bonds. The van der Waals surface area contributed by atoms with E-state index in [1.807, 2.05) is 28.7 Å². The first-order valence-electron chi connectivity index (χ1n) is 17.6. The number of hydrogen-bond acceptors (Lipinski definition) is 2. The van der Waals surface area contributed by atoms with Crippen molar-refractivity contribution in [2.45, 2.75) is 32.4 Å². The number of benzene rings is 6. The Kier molecular flexibility index (Phi) is 7.85. The van der Waals surface area contributed by atoms with Gasteiger partial charge in [0.15, 0.2) is 0 Å². The van der Waals surface area contributed by atoms with Crippen LogP contribution in [0.5, 0.6) is 0 Å². The normalized spacial score (nSPS) is 17.5. The van der Waals surface area contributed by atoms with Crippen molar-refractivity contribution in [2.24, 2.45) is 0 Å². The zero-order valence-corrected chi connectivity index (χ0v) is 31.6. The predicted octanol–water partition coefficient (Wildman–Crippen LogP) is 15.5. The minimum atomic E-state index is -2.23. The molecule has 4 heteroatoms. The summed E-state index contributed by atoms with van der Waals surface area (Å²) in [6.07, 6.45) is 15.7. The first-order valence-corrected chi connectivity index (χ1v) is 23.0. The molecule has 0 nitrogen and oxygen atoms in total. The Morgan fingerprint density at radius 2 is 1.04 bits per heavy atom. The van der Waals surface area contributed by atoms with E-state index in [0.29, 0.717) is 0 Å². The van der Waals surface area contributed by atoms with Crippen molar-refractivity contribution in [1.29, 1.82) is 0 Å². The maximum atomic E-state index is 3.86. The molecule has 0 aliphatic heterocycles. The molecule has 0 saturated carbocycles. The van der Waals surface area contributed by atoms with Gasteiger partial charge in [-0.25, -0.2) is 0 Å². The van der Waals surface area contributed by atoms with Gasteiger partial charge < -0.3 is 0 Å². The molecule has 0 saturated heterocycles. The van der Waals surface area contributed by atoms with Crippen LogP contribution in [0.15, 0.2) is 223 Å². The van der Waals surface area contributed by atoms with Crippen LogP contribution < -0.4 is 0 Å². The predicted molar refractivity (Wildman–Crippen MR) is 230 cm³/mol. The molecule has 52 heavy (non-hydrogen) atoms. The highest BCUT2D eigenvalue weighted by Crippen LogP contribution is 3.00. The monoisotopic (exact) mass is 738 g/mol. The molecule has 2 aliphatic rings. The van der Waals surface area contributed by atoms with Gasteiger partial charge in [-0.15, -0.1) is 40.8 Å². The van der Waals surface area contributed by atoms with Gasteiger partial charge in [0.05, 0.1) is 4.91 Å². The molecule has 250 valence electrons. The third-order valence-electron chi connectivity index (χ3n) is 10.2. The average Bonchev–Trinajstić information content (AvgIpc) is 3.80. The second kappa shape index (κ2) is 12.9. The molecule has 6 aromatic carbocycles. The maximum Gasteiger partial charge on any atom is 0.0573 e. The van der Waals surface area contributed by atoms with Gasteiger partial charge in [-0.3, -0.25) is 0 Å². The second-order valence-corrected chi connectivity index (χ2v) is 23.1. The molecule has 2 unspecified atom stereocenters. The van der Waals surface area contributed by atoms with Gasteiger partial charge in [0.25, 0.3) is 0 Å². The smallest absolute Gasteiger partial charge is 0.0573 e. The number of allylic oxidation sites excluding steroid dienone is 7. The van der Waals surface area contributed by atoms with E-state index in [1.54, 1.807) is 0 Å². The quantitative estimate of drug-likeness (QED) is 0.113. The molecule has 2 atom stereocenters. The summed E-state index contributed by atoms with van der Waals surface area (Å²) in [5.74, 6) is 0. The Morgan fingerprint density at radius 3 is 1.60 bits per heavy atom. The molecule has 8 aromatic rings. The lowest BCUT2D eigenvalue weighted by molar-refractivity contribution is 1.01. The molecular formula is C48H34S4. The summed E-state index contributed by atoms with van der Waals surface area (Å²) in [5, 5.41) is 5.31. The average molecular weight is 739 g/mol. The van der Waals surface area contributed by atoms with E-state index in [1.165, 1.54) is 69.7 Å². The largest absolute Gasteiger partial charge is 0.134 e. The highest BCUT2D eigenvalue weighted by Gasteiger charge is 2.54. The summed E-state index contributed by atoms with van der Waals surface area (Å²) in [6, 6.07) is 55.2. The first kappa shape index (κ1) is 31.7. The molecular weight excluding hydrogens is 705 g/mol. The Bertz CT molecular complexity index is 2870. The van der Waals surface area contributed by atoms with Gasteiger partial charge in [0.1, 0.15) is 0 Å². The van der Waals surface area contributed by atoms with E-state index in [0.717, 1.165) is 12.8 Å². The fraction of sp³-hybridized carbons (Fsp3) is 0.0417. The van der Waals surface area contributed by atoms with Crippen LogP contribution in [0.2, 0.25) is 0 Å². The topological polar surface area (TPSA) is 0 Å². The molecule has 10 rings (SSSR count). The second-order valence-electron chi connectivity index (χ2n) is 13.0. The van der Waals surface area contributed by atoms with Gasteiger partial charge in [-0.1, -0.05) is 133 Å².